The number of aromatic hydroxyl groups is 1. The molecule has 1 aromatic heterocycles. The van der Waals surface area contributed by atoms with E-state index in [2.05, 4.69) is 29.0 Å². The van der Waals surface area contributed by atoms with E-state index in [4.69, 9.17) is 0 Å². The molecule has 7 heteroatoms. The fraction of sp³-hybridized carbons (Fsp3) is 0.261. The fourth-order valence-corrected chi connectivity index (χ4v) is 5.16. The van der Waals surface area contributed by atoms with Gasteiger partial charge in [-0.25, -0.2) is 8.60 Å². The van der Waals surface area contributed by atoms with Crippen molar-refractivity contribution in [1.82, 2.24) is 10.3 Å². The first-order valence-corrected chi connectivity index (χ1v) is 11.0. The zero-order valence-electron chi connectivity index (χ0n) is 17.0. The molecule has 2 N–H and O–H groups in total. The zero-order chi connectivity index (χ0) is 21.3. The number of phenols is 1. The monoisotopic (exact) mass is 425 g/mol. The predicted octanol–water partition coefficient (Wildman–Crippen LogP) is 4.34. The summed E-state index contributed by atoms with van der Waals surface area (Å²) in [4.78, 5) is 8.06. The van der Waals surface area contributed by atoms with Gasteiger partial charge in [0.2, 0.25) is 0 Å². The molecule has 3 aromatic rings. The van der Waals surface area contributed by atoms with E-state index in [-0.39, 0.29) is 5.75 Å². The highest BCUT2D eigenvalue weighted by atomic mass is 32.2. The number of aromatic nitrogens is 1. The number of benzene rings is 2. The van der Waals surface area contributed by atoms with Crippen molar-refractivity contribution < 1.29 is 13.7 Å². The van der Waals surface area contributed by atoms with Gasteiger partial charge in [0.1, 0.15) is 0 Å². The van der Waals surface area contributed by atoms with Crippen LogP contribution in [0.5, 0.6) is 5.75 Å². The number of para-hydroxylation sites is 1. The summed E-state index contributed by atoms with van der Waals surface area (Å²) in [5.41, 5.74) is 4.68. The Hall–Kier alpha value is -2.77. The molecule has 1 aliphatic rings. The molecule has 0 radical (unpaired) electrons. The van der Waals surface area contributed by atoms with Crippen LogP contribution in [0.3, 0.4) is 0 Å². The van der Waals surface area contributed by atoms with E-state index < -0.39 is 16.6 Å². The number of halogens is 1. The van der Waals surface area contributed by atoms with E-state index in [1.165, 1.54) is 6.07 Å². The minimum atomic E-state index is -1.23. The Morgan fingerprint density at radius 3 is 2.83 bits per heavy atom. The number of hydrogen-bond acceptors (Lipinski definition) is 5. The quantitative estimate of drug-likeness (QED) is 0.575. The first-order valence-electron chi connectivity index (χ1n) is 9.89. The third-order valence-corrected chi connectivity index (χ3v) is 6.98. The molecule has 0 fully saturated rings. The van der Waals surface area contributed by atoms with Crippen molar-refractivity contribution in [3.05, 3.63) is 71.3 Å². The van der Waals surface area contributed by atoms with E-state index in [0.717, 1.165) is 45.3 Å². The number of aryl methyl sites for hydroxylation is 1. The van der Waals surface area contributed by atoms with Gasteiger partial charge in [0, 0.05) is 24.8 Å². The molecule has 2 heterocycles. The third kappa shape index (κ3) is 3.70. The molecule has 0 aliphatic carbocycles. The van der Waals surface area contributed by atoms with Crippen LogP contribution in [-0.4, -0.2) is 27.4 Å². The maximum Gasteiger partial charge on any atom is 0.165 e. The first kappa shape index (κ1) is 20.5. The summed E-state index contributed by atoms with van der Waals surface area (Å²) in [5, 5.41) is 13.1. The fourth-order valence-electron chi connectivity index (χ4n) is 3.75. The van der Waals surface area contributed by atoms with Gasteiger partial charge in [0.05, 0.1) is 38.2 Å². The SMILES string of the molecule is Cc1ccc2c(c1C)N(CCCNCc1cccc(F)c1O)c1cnccc1S2=O. The Morgan fingerprint density at radius 2 is 2.00 bits per heavy atom. The molecule has 0 bridgehead atoms. The van der Waals surface area contributed by atoms with Gasteiger partial charge in [0.15, 0.2) is 11.6 Å². The van der Waals surface area contributed by atoms with E-state index in [9.17, 15) is 13.7 Å². The highest BCUT2D eigenvalue weighted by molar-refractivity contribution is 7.85. The smallest absolute Gasteiger partial charge is 0.165 e. The predicted molar refractivity (Wildman–Crippen MR) is 116 cm³/mol. The molecule has 2 aromatic carbocycles. The lowest BCUT2D eigenvalue weighted by atomic mass is 10.1. The lowest BCUT2D eigenvalue weighted by Gasteiger charge is -2.34. The second-order valence-corrected chi connectivity index (χ2v) is 8.81. The summed E-state index contributed by atoms with van der Waals surface area (Å²) >= 11 is 0. The summed E-state index contributed by atoms with van der Waals surface area (Å²) in [6.07, 6.45) is 4.26. The van der Waals surface area contributed by atoms with Gasteiger partial charge >= 0.3 is 0 Å². The molecular weight excluding hydrogens is 401 g/mol. The van der Waals surface area contributed by atoms with Crippen molar-refractivity contribution in [2.24, 2.45) is 0 Å². The molecule has 1 atom stereocenters. The molecule has 1 aliphatic heterocycles. The first-order chi connectivity index (χ1) is 14.5. The average Bonchev–Trinajstić information content (AvgIpc) is 2.75. The number of nitrogens with one attached hydrogen (secondary N) is 1. The summed E-state index contributed by atoms with van der Waals surface area (Å²) in [6, 6.07) is 10.3. The number of fused-ring (bicyclic) bond motifs is 2. The van der Waals surface area contributed by atoms with Crippen LogP contribution < -0.4 is 10.2 Å². The van der Waals surface area contributed by atoms with Crippen molar-refractivity contribution in [1.29, 1.82) is 0 Å². The summed E-state index contributed by atoms with van der Waals surface area (Å²) in [5.74, 6) is -0.911. The van der Waals surface area contributed by atoms with Gasteiger partial charge in [-0.2, -0.15) is 0 Å². The van der Waals surface area contributed by atoms with Crippen LogP contribution in [0.4, 0.5) is 15.8 Å². The van der Waals surface area contributed by atoms with Crippen molar-refractivity contribution in [2.75, 3.05) is 18.0 Å². The minimum absolute atomic E-state index is 0.302. The number of pyridine rings is 1. The molecule has 4 rings (SSSR count). The summed E-state index contributed by atoms with van der Waals surface area (Å²) in [7, 11) is -1.23. The van der Waals surface area contributed by atoms with Gasteiger partial charge in [-0.05, 0) is 56.1 Å². The van der Waals surface area contributed by atoms with Crippen LogP contribution in [-0.2, 0) is 17.3 Å². The van der Waals surface area contributed by atoms with Gasteiger partial charge < -0.3 is 15.3 Å². The van der Waals surface area contributed by atoms with E-state index in [1.807, 2.05) is 18.2 Å². The molecule has 156 valence electrons. The van der Waals surface area contributed by atoms with Crippen LogP contribution in [0.15, 0.2) is 58.6 Å². The van der Waals surface area contributed by atoms with Gasteiger partial charge in [-0.1, -0.05) is 18.2 Å². The number of hydrogen-bond donors (Lipinski definition) is 2. The second-order valence-electron chi connectivity index (χ2n) is 7.40. The molecule has 0 amide bonds. The van der Waals surface area contributed by atoms with Crippen LogP contribution >= 0.6 is 0 Å². The summed E-state index contributed by atoms with van der Waals surface area (Å²) in [6.45, 7) is 5.91. The molecule has 30 heavy (non-hydrogen) atoms. The Morgan fingerprint density at radius 1 is 1.17 bits per heavy atom. The largest absolute Gasteiger partial charge is 0.505 e. The van der Waals surface area contributed by atoms with Crippen molar-refractivity contribution >= 4 is 22.2 Å². The molecule has 5 nitrogen and oxygen atoms in total. The van der Waals surface area contributed by atoms with Crippen molar-refractivity contribution in [3.63, 3.8) is 0 Å². The molecule has 0 saturated carbocycles. The van der Waals surface area contributed by atoms with Crippen LogP contribution in [0.25, 0.3) is 0 Å². The van der Waals surface area contributed by atoms with Crippen LogP contribution in [0, 0.1) is 19.7 Å². The van der Waals surface area contributed by atoms with Crippen LogP contribution in [0.1, 0.15) is 23.1 Å². The molecule has 1 unspecified atom stereocenters. The molecule has 0 saturated heterocycles. The topological polar surface area (TPSA) is 65.5 Å². The Labute approximate surface area is 178 Å². The van der Waals surface area contributed by atoms with Crippen molar-refractivity contribution in [3.8, 4) is 5.75 Å². The summed E-state index contributed by atoms with van der Waals surface area (Å²) < 4.78 is 26.6. The Balaban J connectivity index is 1.50. The Bertz CT molecular complexity index is 1120. The lowest BCUT2D eigenvalue weighted by Crippen LogP contribution is -2.28. The number of phenolic OH excluding ortho intramolecular Hbond substituents is 1. The standard InChI is InChI=1S/C23H24FN3O2S/c1-15-7-8-21-22(16(15)2)27(19-14-26-11-9-20(19)30(21)29)12-4-10-25-13-17-5-3-6-18(24)23(17)28/h3,5-9,11,14,25,28H,4,10,12-13H2,1-2H3. The lowest BCUT2D eigenvalue weighted by molar-refractivity contribution is 0.423. The number of anilines is 2. The Kier molecular flexibility index (Phi) is 5.83. The van der Waals surface area contributed by atoms with E-state index in [0.29, 0.717) is 18.7 Å². The van der Waals surface area contributed by atoms with Crippen LogP contribution in [0.2, 0.25) is 0 Å². The second kappa shape index (κ2) is 8.53. The maximum absolute atomic E-state index is 13.5. The van der Waals surface area contributed by atoms with E-state index >= 15 is 0 Å². The third-order valence-electron chi connectivity index (χ3n) is 5.51. The maximum atomic E-state index is 13.5. The number of rotatable bonds is 6. The number of nitrogens with zero attached hydrogens (tertiary/aromatic N) is 2. The normalized spacial score (nSPS) is 15.0. The molecular formula is C23H24FN3O2S. The highest BCUT2D eigenvalue weighted by Crippen LogP contribution is 2.44. The van der Waals surface area contributed by atoms with Gasteiger partial charge in [-0.15, -0.1) is 0 Å². The molecule has 0 spiro atoms. The van der Waals surface area contributed by atoms with Crippen molar-refractivity contribution in [2.45, 2.75) is 36.6 Å². The van der Waals surface area contributed by atoms with E-state index in [1.54, 1.807) is 24.5 Å². The highest BCUT2D eigenvalue weighted by Gasteiger charge is 2.29. The minimum Gasteiger partial charge on any atom is -0.505 e. The average molecular weight is 426 g/mol. The zero-order valence-corrected chi connectivity index (χ0v) is 17.8. The van der Waals surface area contributed by atoms with Gasteiger partial charge in [0.25, 0.3) is 0 Å². The van der Waals surface area contributed by atoms with Gasteiger partial charge in [-0.3, -0.25) is 4.98 Å².